The molecule has 1 heterocycles. The SMILES string of the molecule is COc1ccc(C)cc1-c1cc(N)sc1C. The second-order valence-corrected chi connectivity index (χ2v) is 5.11. The molecule has 0 aliphatic rings. The lowest BCUT2D eigenvalue weighted by Crippen LogP contribution is -1.88. The Labute approximate surface area is 99.7 Å². The second-order valence-electron chi connectivity index (χ2n) is 3.82. The van der Waals surface area contributed by atoms with E-state index in [0.29, 0.717) is 0 Å². The van der Waals surface area contributed by atoms with Crippen molar-refractivity contribution in [3.8, 4) is 16.9 Å². The fourth-order valence-corrected chi connectivity index (χ4v) is 2.61. The number of aryl methyl sites for hydroxylation is 2. The molecule has 0 saturated carbocycles. The zero-order chi connectivity index (χ0) is 11.7. The van der Waals surface area contributed by atoms with E-state index in [1.807, 2.05) is 18.2 Å². The lowest BCUT2D eigenvalue weighted by molar-refractivity contribution is 0.416. The van der Waals surface area contributed by atoms with Gasteiger partial charge in [0.05, 0.1) is 12.1 Å². The molecule has 0 amide bonds. The molecule has 16 heavy (non-hydrogen) atoms. The first-order chi connectivity index (χ1) is 7.61. The number of methoxy groups -OCH3 is 1. The van der Waals surface area contributed by atoms with Crippen molar-refractivity contribution in [1.29, 1.82) is 0 Å². The van der Waals surface area contributed by atoms with E-state index in [9.17, 15) is 0 Å². The van der Waals surface area contributed by atoms with Crippen LogP contribution in [0.3, 0.4) is 0 Å². The van der Waals surface area contributed by atoms with Crippen LogP contribution < -0.4 is 10.5 Å². The van der Waals surface area contributed by atoms with Gasteiger partial charge in [-0.05, 0) is 32.0 Å². The van der Waals surface area contributed by atoms with E-state index in [2.05, 4.69) is 19.9 Å². The summed E-state index contributed by atoms with van der Waals surface area (Å²) in [5.41, 5.74) is 9.33. The summed E-state index contributed by atoms with van der Waals surface area (Å²) in [6.07, 6.45) is 0. The van der Waals surface area contributed by atoms with Crippen LogP contribution in [0.25, 0.3) is 11.1 Å². The molecule has 0 aliphatic carbocycles. The lowest BCUT2D eigenvalue weighted by atomic mass is 10.0. The van der Waals surface area contributed by atoms with Crippen molar-refractivity contribution >= 4 is 16.3 Å². The van der Waals surface area contributed by atoms with Gasteiger partial charge in [-0.15, -0.1) is 11.3 Å². The standard InChI is InChI=1S/C13H15NOS/c1-8-4-5-12(15-3)11(6-8)10-7-13(14)16-9(10)2/h4-7H,14H2,1-3H3. The summed E-state index contributed by atoms with van der Waals surface area (Å²) in [6, 6.07) is 8.19. The molecule has 0 aliphatic heterocycles. The Balaban J connectivity index is 2.62. The number of nitrogens with two attached hydrogens (primary N) is 1. The second kappa shape index (κ2) is 4.18. The predicted octanol–water partition coefficient (Wildman–Crippen LogP) is 3.62. The Morgan fingerprint density at radius 3 is 2.44 bits per heavy atom. The van der Waals surface area contributed by atoms with Gasteiger partial charge in [0.1, 0.15) is 5.75 Å². The summed E-state index contributed by atoms with van der Waals surface area (Å²) in [7, 11) is 1.69. The van der Waals surface area contributed by atoms with Crippen LogP contribution in [0.4, 0.5) is 5.00 Å². The van der Waals surface area contributed by atoms with Crippen molar-refractivity contribution in [2.75, 3.05) is 12.8 Å². The van der Waals surface area contributed by atoms with Crippen molar-refractivity contribution in [1.82, 2.24) is 0 Å². The third kappa shape index (κ3) is 1.91. The molecule has 0 spiro atoms. The number of hydrogen-bond acceptors (Lipinski definition) is 3. The summed E-state index contributed by atoms with van der Waals surface area (Å²) in [5, 5.41) is 0.844. The molecule has 0 atom stereocenters. The molecule has 0 fully saturated rings. The van der Waals surface area contributed by atoms with Crippen LogP contribution in [0.15, 0.2) is 24.3 Å². The van der Waals surface area contributed by atoms with Gasteiger partial charge in [0, 0.05) is 16.0 Å². The van der Waals surface area contributed by atoms with Crippen LogP contribution in [-0.4, -0.2) is 7.11 Å². The molecule has 2 rings (SSSR count). The minimum atomic E-state index is 0.844. The van der Waals surface area contributed by atoms with E-state index in [4.69, 9.17) is 10.5 Å². The number of nitrogen functional groups attached to an aromatic ring is 1. The predicted molar refractivity (Wildman–Crippen MR) is 70.2 cm³/mol. The fraction of sp³-hybridized carbons (Fsp3) is 0.231. The van der Waals surface area contributed by atoms with Gasteiger partial charge in [-0.1, -0.05) is 11.6 Å². The van der Waals surface area contributed by atoms with E-state index < -0.39 is 0 Å². The molecule has 0 saturated heterocycles. The highest BCUT2D eigenvalue weighted by Crippen LogP contribution is 2.37. The summed E-state index contributed by atoms with van der Waals surface area (Å²) in [6.45, 7) is 4.16. The molecule has 1 aromatic heterocycles. The monoisotopic (exact) mass is 233 g/mol. The Hall–Kier alpha value is -1.48. The maximum absolute atomic E-state index is 5.82. The fourth-order valence-electron chi connectivity index (χ4n) is 1.80. The van der Waals surface area contributed by atoms with Crippen LogP contribution in [0.2, 0.25) is 0 Å². The van der Waals surface area contributed by atoms with Crippen molar-refractivity contribution in [3.05, 3.63) is 34.7 Å². The number of ether oxygens (including phenoxy) is 1. The zero-order valence-electron chi connectivity index (χ0n) is 9.70. The first-order valence-corrected chi connectivity index (χ1v) is 5.94. The van der Waals surface area contributed by atoms with Crippen LogP contribution in [0, 0.1) is 13.8 Å². The van der Waals surface area contributed by atoms with E-state index in [1.165, 1.54) is 16.0 Å². The minimum Gasteiger partial charge on any atom is -0.496 e. The van der Waals surface area contributed by atoms with Gasteiger partial charge in [0.25, 0.3) is 0 Å². The highest BCUT2D eigenvalue weighted by molar-refractivity contribution is 7.16. The van der Waals surface area contributed by atoms with Gasteiger partial charge in [-0.25, -0.2) is 0 Å². The first-order valence-electron chi connectivity index (χ1n) is 5.12. The molecule has 0 unspecified atom stereocenters. The lowest BCUT2D eigenvalue weighted by Gasteiger charge is -2.09. The smallest absolute Gasteiger partial charge is 0.126 e. The molecule has 2 N–H and O–H groups in total. The van der Waals surface area contributed by atoms with Gasteiger partial charge >= 0.3 is 0 Å². The third-order valence-electron chi connectivity index (χ3n) is 2.58. The van der Waals surface area contributed by atoms with Crippen molar-refractivity contribution in [3.63, 3.8) is 0 Å². The first kappa shape index (κ1) is 11.0. The Bertz CT molecular complexity index is 517. The number of hydrogen-bond donors (Lipinski definition) is 1. The Kier molecular flexibility index (Phi) is 2.88. The molecule has 84 valence electrons. The normalized spacial score (nSPS) is 10.4. The minimum absolute atomic E-state index is 0.844. The summed E-state index contributed by atoms with van der Waals surface area (Å²) >= 11 is 1.61. The van der Waals surface area contributed by atoms with E-state index in [1.54, 1.807) is 18.4 Å². The van der Waals surface area contributed by atoms with Crippen LogP contribution in [0.1, 0.15) is 10.4 Å². The van der Waals surface area contributed by atoms with Gasteiger partial charge < -0.3 is 10.5 Å². The largest absolute Gasteiger partial charge is 0.496 e. The van der Waals surface area contributed by atoms with Gasteiger partial charge in [-0.3, -0.25) is 0 Å². The molecule has 3 heteroatoms. The van der Waals surface area contributed by atoms with Crippen LogP contribution in [0.5, 0.6) is 5.75 Å². The van der Waals surface area contributed by atoms with E-state index in [-0.39, 0.29) is 0 Å². The number of rotatable bonds is 2. The molecular formula is C13H15NOS. The van der Waals surface area contributed by atoms with Gasteiger partial charge in [0.2, 0.25) is 0 Å². The van der Waals surface area contributed by atoms with Crippen molar-refractivity contribution < 1.29 is 4.74 Å². The van der Waals surface area contributed by atoms with Gasteiger partial charge in [0.15, 0.2) is 0 Å². The van der Waals surface area contributed by atoms with Crippen LogP contribution >= 0.6 is 11.3 Å². The van der Waals surface area contributed by atoms with E-state index >= 15 is 0 Å². The third-order valence-corrected chi connectivity index (χ3v) is 3.46. The average molecular weight is 233 g/mol. The molecular weight excluding hydrogens is 218 g/mol. The molecule has 2 aromatic rings. The Morgan fingerprint density at radius 1 is 1.12 bits per heavy atom. The zero-order valence-corrected chi connectivity index (χ0v) is 10.5. The highest BCUT2D eigenvalue weighted by atomic mass is 32.1. The highest BCUT2D eigenvalue weighted by Gasteiger charge is 2.11. The van der Waals surface area contributed by atoms with Crippen LogP contribution in [-0.2, 0) is 0 Å². The number of benzene rings is 1. The maximum Gasteiger partial charge on any atom is 0.126 e. The van der Waals surface area contributed by atoms with Crippen molar-refractivity contribution in [2.45, 2.75) is 13.8 Å². The molecule has 2 nitrogen and oxygen atoms in total. The molecule has 0 radical (unpaired) electrons. The summed E-state index contributed by atoms with van der Waals surface area (Å²) in [5.74, 6) is 0.895. The molecule has 1 aromatic carbocycles. The molecule has 0 bridgehead atoms. The Morgan fingerprint density at radius 2 is 1.88 bits per heavy atom. The van der Waals surface area contributed by atoms with Crippen molar-refractivity contribution in [2.24, 2.45) is 0 Å². The number of anilines is 1. The number of thiophene rings is 1. The summed E-state index contributed by atoms with van der Waals surface area (Å²) in [4.78, 5) is 1.22. The quantitative estimate of drug-likeness (QED) is 0.859. The van der Waals surface area contributed by atoms with E-state index in [0.717, 1.165) is 16.3 Å². The van der Waals surface area contributed by atoms with Gasteiger partial charge in [-0.2, -0.15) is 0 Å². The summed E-state index contributed by atoms with van der Waals surface area (Å²) < 4.78 is 5.38. The maximum atomic E-state index is 5.82. The average Bonchev–Trinajstić information content (AvgIpc) is 2.57. The topological polar surface area (TPSA) is 35.2 Å².